The fourth-order valence-corrected chi connectivity index (χ4v) is 2.20. The minimum absolute atomic E-state index is 0.347. The predicted molar refractivity (Wildman–Crippen MR) is 56.0 cm³/mol. The Bertz CT molecular complexity index is 510. The molecular weight excluding hydrogens is 361 g/mol. The molecule has 0 bridgehead atoms. The van der Waals surface area contributed by atoms with Crippen molar-refractivity contribution in [2.75, 3.05) is 0 Å². The molecule has 0 aliphatic carbocycles. The summed E-state index contributed by atoms with van der Waals surface area (Å²) in [6, 6.07) is 0. The average Bonchev–Trinajstić information content (AvgIpc) is 2.11. The quantitative estimate of drug-likeness (QED) is 0.800. The zero-order chi connectivity index (χ0) is 12.7. The first-order valence-electron chi connectivity index (χ1n) is 3.64. The molecule has 1 heterocycles. The Hall–Kier alpha value is -0.830. The summed E-state index contributed by atoms with van der Waals surface area (Å²) >= 11 is 5.19. The molecule has 1 amide bonds. The van der Waals surface area contributed by atoms with E-state index in [-0.39, 0.29) is 4.47 Å². The molecule has 88 valence electrons. The van der Waals surface area contributed by atoms with Gasteiger partial charge in [-0.05, 0) is 31.9 Å². The molecule has 3 N–H and O–H groups in total. The lowest BCUT2D eigenvalue weighted by Crippen LogP contribution is -2.24. The molecule has 0 unspecified atom stereocenters. The summed E-state index contributed by atoms with van der Waals surface area (Å²) in [6.45, 7) is 0. The number of primary amides is 1. The maximum atomic E-state index is 12.4. The van der Waals surface area contributed by atoms with E-state index >= 15 is 0 Å². The molecule has 1 aromatic heterocycles. The standard InChI is InChI=1S/C7H3Br2F3N2O2/c8-1-3(6(13)16)14-5(7(10,11)12)2(9)4(1)15/h(H2,13,16)(H,14,15). The number of hydrogen-bond donors (Lipinski definition) is 2. The molecule has 1 rings (SSSR count). The van der Waals surface area contributed by atoms with Crippen LogP contribution in [0.3, 0.4) is 0 Å². The average molecular weight is 364 g/mol. The number of nitrogens with two attached hydrogens (primary N) is 1. The highest BCUT2D eigenvalue weighted by Crippen LogP contribution is 2.32. The molecule has 0 spiro atoms. The van der Waals surface area contributed by atoms with Gasteiger partial charge in [0.25, 0.3) is 5.91 Å². The number of H-pyrrole nitrogens is 1. The van der Waals surface area contributed by atoms with E-state index in [0.29, 0.717) is 0 Å². The van der Waals surface area contributed by atoms with Crippen molar-refractivity contribution in [3.8, 4) is 0 Å². The van der Waals surface area contributed by atoms with Crippen molar-refractivity contribution in [3.05, 3.63) is 30.6 Å². The minimum Gasteiger partial charge on any atom is -0.364 e. The van der Waals surface area contributed by atoms with Gasteiger partial charge in [0.05, 0.1) is 8.95 Å². The largest absolute Gasteiger partial charge is 0.432 e. The SMILES string of the molecule is NC(=O)c1[nH]c(C(F)(F)F)c(Br)c(=O)c1Br. The highest BCUT2D eigenvalue weighted by atomic mass is 79.9. The van der Waals surface area contributed by atoms with Gasteiger partial charge in [0.15, 0.2) is 0 Å². The Labute approximate surface area is 103 Å². The first-order valence-corrected chi connectivity index (χ1v) is 5.23. The number of alkyl halides is 3. The number of pyridine rings is 1. The number of carbonyl (C=O) groups is 1. The molecule has 1 aromatic rings. The van der Waals surface area contributed by atoms with Crippen LogP contribution in [0.25, 0.3) is 0 Å². The maximum absolute atomic E-state index is 12.4. The van der Waals surface area contributed by atoms with E-state index in [0.717, 1.165) is 0 Å². The van der Waals surface area contributed by atoms with E-state index in [4.69, 9.17) is 5.73 Å². The number of halogens is 5. The fraction of sp³-hybridized carbons (Fsp3) is 0.143. The van der Waals surface area contributed by atoms with Crippen molar-refractivity contribution in [3.63, 3.8) is 0 Å². The van der Waals surface area contributed by atoms with Crippen LogP contribution in [0.5, 0.6) is 0 Å². The van der Waals surface area contributed by atoms with Crippen LogP contribution in [0.15, 0.2) is 13.7 Å². The Balaban J connectivity index is 3.68. The number of aromatic amines is 1. The van der Waals surface area contributed by atoms with Crippen molar-refractivity contribution < 1.29 is 18.0 Å². The molecule has 0 radical (unpaired) electrons. The van der Waals surface area contributed by atoms with Gasteiger partial charge < -0.3 is 10.7 Å². The van der Waals surface area contributed by atoms with E-state index in [1.165, 1.54) is 0 Å². The van der Waals surface area contributed by atoms with Gasteiger partial charge in [-0.25, -0.2) is 0 Å². The topological polar surface area (TPSA) is 76.0 Å². The molecule has 0 aliphatic rings. The van der Waals surface area contributed by atoms with Crippen LogP contribution in [0.2, 0.25) is 0 Å². The lowest BCUT2D eigenvalue weighted by Gasteiger charge is -2.11. The predicted octanol–water partition coefficient (Wildman–Crippen LogP) is 2.02. The first-order chi connectivity index (χ1) is 7.16. The summed E-state index contributed by atoms with van der Waals surface area (Å²) in [5.74, 6) is -1.16. The Morgan fingerprint density at radius 3 is 2.12 bits per heavy atom. The summed E-state index contributed by atoms with van der Waals surface area (Å²) < 4.78 is 36.3. The van der Waals surface area contributed by atoms with Gasteiger partial charge in [-0.2, -0.15) is 13.2 Å². The zero-order valence-electron chi connectivity index (χ0n) is 7.28. The van der Waals surface area contributed by atoms with Gasteiger partial charge in [0.1, 0.15) is 11.4 Å². The van der Waals surface area contributed by atoms with Crippen molar-refractivity contribution >= 4 is 37.8 Å². The molecule has 4 nitrogen and oxygen atoms in total. The monoisotopic (exact) mass is 362 g/mol. The Morgan fingerprint density at radius 1 is 1.25 bits per heavy atom. The molecule has 0 atom stereocenters. The van der Waals surface area contributed by atoms with Crippen LogP contribution in [0.4, 0.5) is 13.2 Å². The van der Waals surface area contributed by atoms with Crippen LogP contribution in [-0.2, 0) is 6.18 Å². The van der Waals surface area contributed by atoms with Gasteiger partial charge in [0, 0.05) is 0 Å². The molecular formula is C7H3Br2F3N2O2. The molecule has 0 fully saturated rings. The Kier molecular flexibility index (Phi) is 3.48. The van der Waals surface area contributed by atoms with E-state index in [9.17, 15) is 22.8 Å². The van der Waals surface area contributed by atoms with Crippen molar-refractivity contribution in [2.24, 2.45) is 5.73 Å². The van der Waals surface area contributed by atoms with Crippen LogP contribution < -0.4 is 11.2 Å². The van der Waals surface area contributed by atoms with Crippen LogP contribution in [-0.4, -0.2) is 10.9 Å². The van der Waals surface area contributed by atoms with Gasteiger partial charge in [-0.3, -0.25) is 9.59 Å². The summed E-state index contributed by atoms with van der Waals surface area (Å²) in [7, 11) is 0. The number of carbonyl (C=O) groups excluding carboxylic acids is 1. The Morgan fingerprint density at radius 2 is 1.75 bits per heavy atom. The molecule has 0 aliphatic heterocycles. The second-order valence-corrected chi connectivity index (χ2v) is 4.28. The normalized spacial score (nSPS) is 11.6. The third-order valence-electron chi connectivity index (χ3n) is 1.62. The van der Waals surface area contributed by atoms with Gasteiger partial charge >= 0.3 is 6.18 Å². The third-order valence-corrected chi connectivity index (χ3v) is 3.13. The smallest absolute Gasteiger partial charge is 0.364 e. The van der Waals surface area contributed by atoms with Gasteiger partial charge in [-0.15, -0.1) is 0 Å². The second-order valence-electron chi connectivity index (χ2n) is 2.69. The number of aromatic nitrogens is 1. The van der Waals surface area contributed by atoms with Gasteiger partial charge in [-0.1, -0.05) is 0 Å². The summed E-state index contributed by atoms with van der Waals surface area (Å²) in [5, 5.41) is 0. The molecule has 0 aromatic carbocycles. The highest BCUT2D eigenvalue weighted by molar-refractivity contribution is 9.11. The molecule has 9 heteroatoms. The molecule has 16 heavy (non-hydrogen) atoms. The van der Waals surface area contributed by atoms with Crippen molar-refractivity contribution in [2.45, 2.75) is 6.18 Å². The lowest BCUT2D eigenvalue weighted by atomic mass is 10.2. The van der Waals surface area contributed by atoms with Crippen LogP contribution in [0.1, 0.15) is 16.2 Å². The lowest BCUT2D eigenvalue weighted by molar-refractivity contribution is -0.141. The molecule has 0 saturated carbocycles. The first kappa shape index (κ1) is 13.2. The van der Waals surface area contributed by atoms with Crippen molar-refractivity contribution in [1.82, 2.24) is 4.98 Å². The van der Waals surface area contributed by atoms with Crippen LogP contribution >= 0.6 is 31.9 Å². The zero-order valence-corrected chi connectivity index (χ0v) is 10.5. The number of hydrogen-bond acceptors (Lipinski definition) is 2. The number of rotatable bonds is 1. The highest BCUT2D eigenvalue weighted by Gasteiger charge is 2.36. The number of nitrogens with one attached hydrogen (secondary N) is 1. The van der Waals surface area contributed by atoms with Gasteiger partial charge in [0.2, 0.25) is 5.43 Å². The van der Waals surface area contributed by atoms with E-state index in [2.05, 4.69) is 31.9 Å². The molecule has 0 saturated heterocycles. The summed E-state index contributed by atoms with van der Waals surface area (Å²) in [4.78, 5) is 23.9. The summed E-state index contributed by atoms with van der Waals surface area (Å²) in [5.41, 5.74) is 1.85. The van der Waals surface area contributed by atoms with E-state index in [1.807, 2.05) is 0 Å². The number of amides is 1. The fourth-order valence-electron chi connectivity index (χ4n) is 0.923. The second kappa shape index (κ2) is 4.21. The third kappa shape index (κ3) is 2.29. The van der Waals surface area contributed by atoms with E-state index < -0.39 is 33.4 Å². The van der Waals surface area contributed by atoms with Crippen LogP contribution in [0, 0.1) is 0 Å². The summed E-state index contributed by atoms with van der Waals surface area (Å²) in [6.07, 6.45) is -4.79. The minimum atomic E-state index is -4.79. The van der Waals surface area contributed by atoms with Crippen molar-refractivity contribution in [1.29, 1.82) is 0 Å². The van der Waals surface area contributed by atoms with E-state index in [1.54, 1.807) is 4.98 Å². The maximum Gasteiger partial charge on any atom is 0.432 e.